The lowest BCUT2D eigenvalue weighted by Gasteiger charge is -2.32. The van der Waals surface area contributed by atoms with Crippen LogP contribution in [0.1, 0.15) is 25.6 Å². The fourth-order valence-electron chi connectivity index (χ4n) is 4.66. The van der Waals surface area contributed by atoms with Gasteiger partial charge in [-0.05, 0) is 24.8 Å². The highest BCUT2D eigenvalue weighted by Gasteiger charge is 2.40. The van der Waals surface area contributed by atoms with E-state index in [1.807, 2.05) is 12.3 Å². The zero-order valence-corrected chi connectivity index (χ0v) is 16.7. The van der Waals surface area contributed by atoms with Crippen LogP contribution < -0.4 is 5.32 Å². The third-order valence-electron chi connectivity index (χ3n) is 6.26. The first kappa shape index (κ1) is 18.5. The SMILES string of the molecule is C[C@H]1CN(Cc2ncccn2)C[C@@H]1C1=NC2=CN(C3CCOCC3)CN2C(=O)N1. The van der Waals surface area contributed by atoms with Crippen LogP contribution in [-0.2, 0) is 11.3 Å². The van der Waals surface area contributed by atoms with Gasteiger partial charge in [-0.3, -0.25) is 15.1 Å². The maximum Gasteiger partial charge on any atom is 0.329 e. The van der Waals surface area contributed by atoms with Crippen molar-refractivity contribution in [1.29, 1.82) is 0 Å². The number of carbonyl (C=O) groups is 1. The molecule has 2 atom stereocenters. The highest BCUT2D eigenvalue weighted by molar-refractivity contribution is 6.02. The van der Waals surface area contributed by atoms with Crippen molar-refractivity contribution in [1.82, 2.24) is 30.0 Å². The van der Waals surface area contributed by atoms with Crippen LogP contribution in [0.15, 0.2) is 35.5 Å². The number of ether oxygens (including phenoxy) is 1. The van der Waals surface area contributed by atoms with Gasteiger partial charge in [-0.15, -0.1) is 0 Å². The van der Waals surface area contributed by atoms with Gasteiger partial charge in [0.2, 0.25) is 0 Å². The second kappa shape index (κ2) is 7.72. The number of aliphatic imine (C=N–C) groups is 1. The number of hydrogen-bond acceptors (Lipinski definition) is 7. The quantitative estimate of drug-likeness (QED) is 0.822. The van der Waals surface area contributed by atoms with E-state index in [1.165, 1.54) is 0 Å². The lowest BCUT2D eigenvalue weighted by Crippen LogP contribution is -2.50. The minimum Gasteiger partial charge on any atom is -0.381 e. The molecule has 154 valence electrons. The molecule has 0 spiro atoms. The van der Waals surface area contributed by atoms with Gasteiger partial charge in [0.15, 0.2) is 5.82 Å². The zero-order valence-electron chi connectivity index (χ0n) is 16.7. The molecule has 2 amide bonds. The number of likely N-dealkylation sites (tertiary alicyclic amines) is 1. The third-order valence-corrected chi connectivity index (χ3v) is 6.26. The van der Waals surface area contributed by atoms with Crippen LogP contribution in [0.3, 0.4) is 0 Å². The van der Waals surface area contributed by atoms with Crippen molar-refractivity contribution in [2.75, 3.05) is 33.0 Å². The number of rotatable bonds is 4. The van der Waals surface area contributed by atoms with Gasteiger partial charge in [-0.2, -0.15) is 0 Å². The average Bonchev–Trinajstić information content (AvgIpc) is 3.33. The minimum absolute atomic E-state index is 0.0761. The van der Waals surface area contributed by atoms with E-state index in [9.17, 15) is 4.79 Å². The van der Waals surface area contributed by atoms with Gasteiger partial charge < -0.3 is 9.64 Å². The number of urea groups is 1. The lowest BCUT2D eigenvalue weighted by molar-refractivity contribution is 0.0459. The van der Waals surface area contributed by atoms with Gasteiger partial charge in [0.1, 0.15) is 18.3 Å². The van der Waals surface area contributed by atoms with Crippen molar-refractivity contribution in [3.8, 4) is 0 Å². The summed E-state index contributed by atoms with van der Waals surface area (Å²) in [5.41, 5.74) is 0. The Morgan fingerprint density at radius 2 is 2.00 bits per heavy atom. The summed E-state index contributed by atoms with van der Waals surface area (Å²) in [6.45, 7) is 6.85. The summed E-state index contributed by atoms with van der Waals surface area (Å²) >= 11 is 0. The third kappa shape index (κ3) is 3.72. The van der Waals surface area contributed by atoms with Gasteiger partial charge in [0, 0.05) is 56.9 Å². The fraction of sp³-hybridized carbons (Fsp3) is 0.600. The van der Waals surface area contributed by atoms with Gasteiger partial charge in [0.05, 0.1) is 6.54 Å². The Hall–Kier alpha value is -2.52. The van der Waals surface area contributed by atoms with Crippen LogP contribution in [-0.4, -0.2) is 75.5 Å². The monoisotopic (exact) mass is 397 g/mol. The molecule has 4 aliphatic rings. The first-order valence-corrected chi connectivity index (χ1v) is 10.4. The molecule has 9 heteroatoms. The number of carbonyl (C=O) groups excluding carboxylic acids is 1. The number of nitrogens with one attached hydrogen (secondary N) is 1. The van der Waals surface area contributed by atoms with E-state index in [4.69, 9.17) is 9.73 Å². The molecule has 9 nitrogen and oxygen atoms in total. The van der Waals surface area contributed by atoms with Crippen LogP contribution in [0, 0.1) is 11.8 Å². The molecule has 1 aromatic heterocycles. The first-order chi connectivity index (χ1) is 14.2. The summed E-state index contributed by atoms with van der Waals surface area (Å²) < 4.78 is 5.47. The van der Waals surface area contributed by atoms with E-state index in [1.54, 1.807) is 17.3 Å². The normalized spacial score (nSPS) is 28.2. The van der Waals surface area contributed by atoms with Crippen LogP contribution >= 0.6 is 0 Å². The maximum atomic E-state index is 12.8. The maximum absolute atomic E-state index is 12.8. The number of amidine groups is 1. The van der Waals surface area contributed by atoms with Crippen molar-refractivity contribution < 1.29 is 9.53 Å². The summed E-state index contributed by atoms with van der Waals surface area (Å²) in [6, 6.07) is 2.17. The van der Waals surface area contributed by atoms with Gasteiger partial charge in [-0.25, -0.2) is 19.8 Å². The van der Waals surface area contributed by atoms with E-state index in [-0.39, 0.29) is 11.9 Å². The Morgan fingerprint density at radius 1 is 1.21 bits per heavy atom. The summed E-state index contributed by atoms with van der Waals surface area (Å²) in [5, 5.41) is 3.05. The molecule has 0 aliphatic carbocycles. The molecule has 29 heavy (non-hydrogen) atoms. The Balaban J connectivity index is 1.30. The molecule has 5 heterocycles. The van der Waals surface area contributed by atoms with Crippen LogP contribution in [0.25, 0.3) is 0 Å². The second-order valence-electron chi connectivity index (χ2n) is 8.28. The van der Waals surface area contributed by atoms with Crippen molar-refractivity contribution in [2.24, 2.45) is 16.8 Å². The smallest absolute Gasteiger partial charge is 0.329 e. The van der Waals surface area contributed by atoms with Crippen LogP contribution in [0.2, 0.25) is 0 Å². The van der Waals surface area contributed by atoms with Crippen molar-refractivity contribution >= 4 is 11.9 Å². The highest BCUT2D eigenvalue weighted by atomic mass is 16.5. The highest BCUT2D eigenvalue weighted by Crippen LogP contribution is 2.30. The summed E-state index contributed by atoms with van der Waals surface area (Å²) in [4.78, 5) is 32.6. The minimum atomic E-state index is -0.0761. The number of hydrogen-bond donors (Lipinski definition) is 1. The molecule has 1 N–H and O–H groups in total. The van der Waals surface area contributed by atoms with E-state index >= 15 is 0 Å². The van der Waals surface area contributed by atoms with Crippen molar-refractivity contribution in [3.63, 3.8) is 0 Å². The molecular weight excluding hydrogens is 370 g/mol. The van der Waals surface area contributed by atoms with Crippen molar-refractivity contribution in [3.05, 3.63) is 36.3 Å². The molecule has 0 aromatic carbocycles. The summed E-state index contributed by atoms with van der Waals surface area (Å²) in [5.74, 6) is 2.97. The molecule has 2 fully saturated rings. The van der Waals surface area contributed by atoms with Crippen molar-refractivity contribution in [2.45, 2.75) is 32.4 Å². The standard InChI is InChI=1S/C20H27N7O2/c1-14-9-25(11-17-21-5-2-6-22-17)10-16(14)19-23-18-12-26(13-27(18)20(28)24-19)15-3-7-29-8-4-15/h2,5-6,12,14-16H,3-4,7-11,13H2,1H3,(H,23,24,28)/t14-,16-/m0/s1. The molecular formula is C20H27N7O2. The Morgan fingerprint density at radius 3 is 2.79 bits per heavy atom. The molecule has 0 saturated carbocycles. The van der Waals surface area contributed by atoms with E-state index in [0.717, 1.165) is 63.2 Å². The molecule has 1 aromatic rings. The van der Waals surface area contributed by atoms with Crippen LogP contribution in [0.4, 0.5) is 4.79 Å². The average molecular weight is 397 g/mol. The van der Waals surface area contributed by atoms with E-state index < -0.39 is 0 Å². The number of aromatic nitrogens is 2. The molecule has 0 radical (unpaired) electrons. The van der Waals surface area contributed by atoms with Gasteiger partial charge in [-0.1, -0.05) is 6.92 Å². The molecule has 4 aliphatic heterocycles. The predicted molar refractivity (Wildman–Crippen MR) is 106 cm³/mol. The van der Waals surface area contributed by atoms with E-state index in [0.29, 0.717) is 18.6 Å². The largest absolute Gasteiger partial charge is 0.381 e. The van der Waals surface area contributed by atoms with Gasteiger partial charge in [0.25, 0.3) is 0 Å². The number of fused-ring (bicyclic) bond motifs is 1. The number of nitrogens with zero attached hydrogens (tertiary/aromatic N) is 6. The zero-order chi connectivity index (χ0) is 19.8. The molecule has 0 unspecified atom stereocenters. The molecule has 0 bridgehead atoms. The first-order valence-electron chi connectivity index (χ1n) is 10.4. The topological polar surface area (TPSA) is 86.2 Å². The summed E-state index contributed by atoms with van der Waals surface area (Å²) in [6.07, 6.45) is 7.58. The predicted octanol–water partition coefficient (Wildman–Crippen LogP) is 1.22. The molecule has 2 saturated heterocycles. The number of amides is 2. The van der Waals surface area contributed by atoms with E-state index in [2.05, 4.69) is 32.0 Å². The summed E-state index contributed by atoms with van der Waals surface area (Å²) in [7, 11) is 0. The Kier molecular flexibility index (Phi) is 4.92. The fourth-order valence-corrected chi connectivity index (χ4v) is 4.66. The molecule has 5 rings (SSSR count). The van der Waals surface area contributed by atoms with Crippen LogP contribution in [0.5, 0.6) is 0 Å². The Bertz CT molecular complexity index is 821. The Labute approximate surface area is 170 Å². The lowest BCUT2D eigenvalue weighted by atomic mass is 9.96. The second-order valence-corrected chi connectivity index (χ2v) is 8.28. The van der Waals surface area contributed by atoms with Gasteiger partial charge >= 0.3 is 6.03 Å².